The highest BCUT2D eigenvalue weighted by molar-refractivity contribution is 5.78. The van der Waals surface area contributed by atoms with Gasteiger partial charge in [0.05, 0.1) is 22.0 Å². The van der Waals surface area contributed by atoms with E-state index in [0.717, 1.165) is 0 Å². The molecule has 0 heterocycles. The van der Waals surface area contributed by atoms with Crippen LogP contribution in [0.3, 0.4) is 0 Å². The van der Waals surface area contributed by atoms with E-state index in [9.17, 15) is 20.2 Å². The summed E-state index contributed by atoms with van der Waals surface area (Å²) in [6.45, 7) is 7.41. The summed E-state index contributed by atoms with van der Waals surface area (Å²) in [6.07, 6.45) is 0.680. The van der Waals surface area contributed by atoms with Crippen molar-refractivity contribution < 1.29 is 14.6 Å². The predicted octanol–water partition coefficient (Wildman–Crippen LogP) is 3.98. The van der Waals surface area contributed by atoms with Crippen molar-refractivity contribution in [2.45, 2.75) is 52.7 Å². The number of nitrogens with one attached hydrogen (secondary N) is 1. The van der Waals surface area contributed by atoms with Crippen molar-refractivity contribution in [3.63, 3.8) is 0 Å². The molecule has 0 amide bonds. The van der Waals surface area contributed by atoms with Crippen LogP contribution in [-0.4, -0.2) is 23.0 Å². The van der Waals surface area contributed by atoms with E-state index >= 15 is 0 Å². The van der Waals surface area contributed by atoms with Crippen molar-refractivity contribution in [2.24, 2.45) is 0 Å². The van der Waals surface area contributed by atoms with Gasteiger partial charge < -0.3 is 10.1 Å². The molecule has 1 aromatic carbocycles. The first-order chi connectivity index (χ1) is 10.7. The highest BCUT2D eigenvalue weighted by Gasteiger charge is 2.33. The Bertz CT molecular complexity index is 601. The number of nitro groups is 2. The minimum Gasteiger partial charge on any atom is -0.380 e. The van der Waals surface area contributed by atoms with E-state index in [2.05, 4.69) is 5.32 Å². The molecule has 0 saturated heterocycles. The van der Waals surface area contributed by atoms with E-state index in [0.29, 0.717) is 17.5 Å². The molecule has 0 bridgehead atoms. The summed E-state index contributed by atoms with van der Waals surface area (Å²) < 4.78 is 5.09. The lowest BCUT2D eigenvalue weighted by atomic mass is 9.94. The Morgan fingerprint density at radius 1 is 1.22 bits per heavy atom. The summed E-state index contributed by atoms with van der Waals surface area (Å²) >= 11 is 0. The van der Waals surface area contributed by atoms with Crippen LogP contribution in [0.1, 0.15) is 51.2 Å². The molecule has 0 aliphatic heterocycles. The van der Waals surface area contributed by atoms with Crippen LogP contribution in [0.25, 0.3) is 0 Å². The topological polar surface area (TPSA) is 108 Å². The van der Waals surface area contributed by atoms with Gasteiger partial charge in [0.2, 0.25) is 0 Å². The molecule has 0 fully saturated rings. The van der Waals surface area contributed by atoms with Crippen LogP contribution in [0, 0.1) is 20.2 Å². The Morgan fingerprint density at radius 2 is 1.83 bits per heavy atom. The van der Waals surface area contributed by atoms with Gasteiger partial charge >= 0.3 is 5.69 Å². The van der Waals surface area contributed by atoms with Gasteiger partial charge in [-0.1, -0.05) is 20.8 Å². The first-order valence-electron chi connectivity index (χ1n) is 7.48. The lowest BCUT2D eigenvalue weighted by molar-refractivity contribution is -0.393. The molecule has 1 unspecified atom stereocenters. The Hall–Kier alpha value is -2.22. The Morgan fingerprint density at radius 3 is 2.22 bits per heavy atom. The second-order valence-corrected chi connectivity index (χ2v) is 5.74. The molecular formula is C15H23N3O5. The largest absolute Gasteiger partial charge is 0.380 e. The summed E-state index contributed by atoms with van der Waals surface area (Å²) in [5, 5.41) is 26.0. The molecule has 0 aliphatic carbocycles. The van der Waals surface area contributed by atoms with Crippen LogP contribution in [0.5, 0.6) is 0 Å². The number of rotatable bonds is 8. The van der Waals surface area contributed by atoms with Crippen molar-refractivity contribution in [2.75, 3.05) is 12.4 Å². The Kier molecular flexibility index (Phi) is 6.44. The smallest absolute Gasteiger partial charge is 0.305 e. The van der Waals surface area contributed by atoms with E-state index < -0.39 is 9.85 Å². The summed E-state index contributed by atoms with van der Waals surface area (Å²) in [5.41, 5.74) is 0.334. The third-order valence-electron chi connectivity index (χ3n) is 3.71. The van der Waals surface area contributed by atoms with Crippen molar-refractivity contribution >= 4 is 17.1 Å². The number of benzene rings is 1. The van der Waals surface area contributed by atoms with E-state index in [4.69, 9.17) is 4.74 Å². The van der Waals surface area contributed by atoms with Crippen molar-refractivity contribution in [1.29, 1.82) is 0 Å². The first-order valence-corrected chi connectivity index (χ1v) is 7.48. The van der Waals surface area contributed by atoms with Crippen molar-refractivity contribution in [1.82, 2.24) is 0 Å². The van der Waals surface area contributed by atoms with Gasteiger partial charge in [-0.3, -0.25) is 20.2 Å². The van der Waals surface area contributed by atoms with Gasteiger partial charge in [0.1, 0.15) is 0 Å². The summed E-state index contributed by atoms with van der Waals surface area (Å²) in [4.78, 5) is 21.9. The molecule has 128 valence electrons. The standard InChI is InChI=1S/C15H23N3O5/c1-6-10(4)16-14-13(17(19)20)7-11(9(2)3)12(8-23-5)15(14)18(21)22/h7,9-10,16H,6,8H2,1-5H3. The van der Waals surface area contributed by atoms with Gasteiger partial charge in [-0.05, 0) is 24.8 Å². The molecular weight excluding hydrogens is 302 g/mol. The molecule has 0 spiro atoms. The van der Waals surface area contributed by atoms with Crippen LogP contribution in [-0.2, 0) is 11.3 Å². The average Bonchev–Trinajstić information content (AvgIpc) is 2.46. The van der Waals surface area contributed by atoms with Crippen LogP contribution in [0.2, 0.25) is 0 Å². The maximum Gasteiger partial charge on any atom is 0.305 e. The number of hydrogen-bond donors (Lipinski definition) is 1. The molecule has 1 aromatic rings. The zero-order chi connectivity index (χ0) is 17.7. The normalized spacial score (nSPS) is 12.3. The third-order valence-corrected chi connectivity index (χ3v) is 3.71. The first kappa shape index (κ1) is 18.8. The van der Waals surface area contributed by atoms with Crippen molar-refractivity contribution in [3.05, 3.63) is 37.4 Å². The van der Waals surface area contributed by atoms with Crippen molar-refractivity contribution in [3.8, 4) is 0 Å². The van der Waals surface area contributed by atoms with Crippen LogP contribution in [0.4, 0.5) is 17.1 Å². The van der Waals surface area contributed by atoms with Gasteiger partial charge in [-0.15, -0.1) is 0 Å². The minimum absolute atomic E-state index is 0.0248. The zero-order valence-corrected chi connectivity index (χ0v) is 14.1. The molecule has 8 nitrogen and oxygen atoms in total. The molecule has 0 aliphatic rings. The number of nitro benzene ring substituents is 2. The van der Waals surface area contributed by atoms with Gasteiger partial charge in [0.25, 0.3) is 5.69 Å². The second kappa shape index (κ2) is 7.87. The summed E-state index contributed by atoms with van der Waals surface area (Å²) in [5.74, 6) is -0.102. The number of methoxy groups -OCH3 is 1. The molecule has 23 heavy (non-hydrogen) atoms. The van der Waals surface area contributed by atoms with Gasteiger partial charge in [0, 0.05) is 19.2 Å². The fourth-order valence-corrected chi connectivity index (χ4v) is 2.36. The maximum absolute atomic E-state index is 11.6. The van der Waals surface area contributed by atoms with Crippen LogP contribution < -0.4 is 5.32 Å². The minimum atomic E-state index is -0.583. The number of anilines is 1. The quantitative estimate of drug-likeness (QED) is 0.572. The number of ether oxygens (including phenoxy) is 1. The Labute approximate surface area is 135 Å². The molecule has 1 N–H and O–H groups in total. The second-order valence-electron chi connectivity index (χ2n) is 5.74. The molecule has 0 saturated carbocycles. The summed E-state index contributed by atoms with van der Waals surface area (Å²) in [6, 6.07) is 1.28. The monoisotopic (exact) mass is 325 g/mol. The summed E-state index contributed by atoms with van der Waals surface area (Å²) in [7, 11) is 1.44. The third kappa shape index (κ3) is 4.16. The molecule has 8 heteroatoms. The highest BCUT2D eigenvalue weighted by atomic mass is 16.6. The molecule has 0 aromatic heterocycles. The van der Waals surface area contributed by atoms with E-state index in [1.807, 2.05) is 27.7 Å². The van der Waals surface area contributed by atoms with Crippen LogP contribution in [0.15, 0.2) is 6.07 Å². The van der Waals surface area contributed by atoms with E-state index in [1.54, 1.807) is 0 Å². The SMILES string of the molecule is CCC(C)Nc1c([N+](=O)[O-])cc(C(C)C)c(COC)c1[N+](=O)[O-]. The fourth-order valence-electron chi connectivity index (χ4n) is 2.36. The zero-order valence-electron chi connectivity index (χ0n) is 14.1. The highest BCUT2D eigenvalue weighted by Crippen LogP contribution is 2.42. The average molecular weight is 325 g/mol. The molecule has 1 atom stereocenters. The van der Waals surface area contributed by atoms with E-state index in [-0.39, 0.29) is 35.6 Å². The Balaban J connectivity index is 3.77. The lowest BCUT2D eigenvalue weighted by Crippen LogP contribution is -2.18. The number of nitrogens with zero attached hydrogens (tertiary/aromatic N) is 2. The van der Waals surface area contributed by atoms with Gasteiger partial charge in [-0.2, -0.15) is 0 Å². The molecule has 0 radical (unpaired) electrons. The van der Waals surface area contributed by atoms with Gasteiger partial charge in [-0.25, -0.2) is 0 Å². The van der Waals surface area contributed by atoms with Crippen LogP contribution >= 0.6 is 0 Å². The van der Waals surface area contributed by atoms with E-state index in [1.165, 1.54) is 13.2 Å². The molecule has 1 rings (SSSR count). The fraction of sp³-hybridized carbons (Fsp3) is 0.600. The van der Waals surface area contributed by atoms with Gasteiger partial charge in [0.15, 0.2) is 5.69 Å². The maximum atomic E-state index is 11.6. The number of hydrogen-bond acceptors (Lipinski definition) is 6. The lowest BCUT2D eigenvalue weighted by Gasteiger charge is -2.18. The predicted molar refractivity (Wildman–Crippen MR) is 87.9 cm³/mol.